The van der Waals surface area contributed by atoms with E-state index in [4.69, 9.17) is 39.5 Å². The maximum atomic E-state index is 11.4. The third-order valence-corrected chi connectivity index (χ3v) is 1.98. The summed E-state index contributed by atoms with van der Waals surface area (Å²) in [4.78, 5) is 11.4. The highest BCUT2D eigenvalue weighted by Gasteiger charge is 2.22. The van der Waals surface area contributed by atoms with E-state index in [1.807, 2.05) is 19.1 Å². The molecular weight excluding hydrogens is 258 g/mol. The van der Waals surface area contributed by atoms with Crippen LogP contribution in [0.2, 0.25) is 0 Å². The van der Waals surface area contributed by atoms with E-state index >= 15 is 0 Å². The summed E-state index contributed by atoms with van der Waals surface area (Å²) in [5.74, 6) is -0.499. The molecule has 2 nitrogen and oxygen atoms in total. The Morgan fingerprint density at radius 2 is 1.80 bits per heavy atom. The van der Waals surface area contributed by atoms with E-state index in [1.165, 1.54) is 0 Å². The van der Waals surface area contributed by atoms with Gasteiger partial charge in [0.2, 0.25) is 3.79 Å². The summed E-state index contributed by atoms with van der Waals surface area (Å²) in [7, 11) is 0. The van der Waals surface area contributed by atoms with E-state index in [2.05, 4.69) is 0 Å². The molecule has 0 spiro atoms. The lowest BCUT2D eigenvalue weighted by atomic mass is 10.1. The number of carbonyl (C=O) groups is 1. The Morgan fingerprint density at radius 3 is 2.27 bits per heavy atom. The average Bonchev–Trinajstić information content (AvgIpc) is 2.14. The zero-order chi connectivity index (χ0) is 11.5. The van der Waals surface area contributed by atoms with Crippen molar-refractivity contribution in [3.63, 3.8) is 0 Å². The van der Waals surface area contributed by atoms with Gasteiger partial charge in [0.15, 0.2) is 0 Å². The summed E-state index contributed by atoms with van der Waals surface area (Å²) in [5, 5.41) is 0. The van der Waals surface area contributed by atoms with Gasteiger partial charge in [-0.15, -0.1) is 0 Å². The third kappa shape index (κ3) is 4.74. The van der Waals surface area contributed by atoms with Crippen LogP contribution in [-0.4, -0.2) is 16.4 Å². The van der Waals surface area contributed by atoms with E-state index in [-0.39, 0.29) is 6.61 Å². The molecule has 0 bridgehead atoms. The first-order valence-electron chi connectivity index (χ1n) is 4.19. The second-order valence-corrected chi connectivity index (χ2v) is 5.57. The van der Waals surface area contributed by atoms with Crippen LogP contribution in [0.1, 0.15) is 15.9 Å². The molecule has 82 valence electrons. The zero-order valence-electron chi connectivity index (χ0n) is 7.97. The standard InChI is InChI=1S/C10H9Cl3O2/c1-7-2-4-8(5-3-7)9(14)15-6-10(11,12)13/h2-5H,6H2,1H3. The van der Waals surface area contributed by atoms with Crippen molar-refractivity contribution in [2.24, 2.45) is 0 Å². The second-order valence-electron chi connectivity index (χ2n) is 3.06. The number of halogens is 3. The Morgan fingerprint density at radius 1 is 1.27 bits per heavy atom. The molecule has 0 aliphatic carbocycles. The van der Waals surface area contributed by atoms with Crippen LogP contribution in [0.5, 0.6) is 0 Å². The lowest BCUT2D eigenvalue weighted by molar-refractivity contribution is 0.0512. The predicted molar refractivity (Wildman–Crippen MR) is 61.8 cm³/mol. The first-order valence-corrected chi connectivity index (χ1v) is 5.32. The van der Waals surface area contributed by atoms with Crippen LogP contribution < -0.4 is 0 Å². The number of rotatable bonds is 2. The normalized spacial score (nSPS) is 11.2. The van der Waals surface area contributed by atoms with Gasteiger partial charge in [-0.05, 0) is 19.1 Å². The molecule has 0 unspecified atom stereocenters. The number of benzene rings is 1. The van der Waals surface area contributed by atoms with Crippen LogP contribution in [0, 0.1) is 6.92 Å². The van der Waals surface area contributed by atoms with Gasteiger partial charge in [0.05, 0.1) is 5.56 Å². The number of hydrogen-bond acceptors (Lipinski definition) is 2. The molecule has 0 atom stereocenters. The van der Waals surface area contributed by atoms with E-state index in [0.29, 0.717) is 5.56 Å². The van der Waals surface area contributed by atoms with Crippen molar-refractivity contribution >= 4 is 40.8 Å². The van der Waals surface area contributed by atoms with Crippen molar-refractivity contribution < 1.29 is 9.53 Å². The first kappa shape index (κ1) is 12.6. The molecule has 0 heterocycles. The summed E-state index contributed by atoms with van der Waals surface area (Å²) in [5.41, 5.74) is 1.50. The van der Waals surface area contributed by atoms with E-state index in [0.717, 1.165) is 5.56 Å². The van der Waals surface area contributed by atoms with Gasteiger partial charge in [0, 0.05) is 0 Å². The van der Waals surface area contributed by atoms with Crippen LogP contribution in [0.3, 0.4) is 0 Å². The Labute approximate surface area is 103 Å². The number of hydrogen-bond donors (Lipinski definition) is 0. The first-order chi connectivity index (χ1) is 6.88. The number of ether oxygens (including phenoxy) is 1. The minimum atomic E-state index is -1.57. The van der Waals surface area contributed by atoms with Crippen LogP contribution in [0.25, 0.3) is 0 Å². The summed E-state index contributed by atoms with van der Waals surface area (Å²) >= 11 is 16.3. The molecule has 0 aromatic heterocycles. The van der Waals surface area contributed by atoms with Gasteiger partial charge in [-0.1, -0.05) is 52.5 Å². The van der Waals surface area contributed by atoms with E-state index < -0.39 is 9.76 Å². The van der Waals surface area contributed by atoms with Gasteiger partial charge in [0.25, 0.3) is 0 Å². The van der Waals surface area contributed by atoms with Crippen molar-refractivity contribution in [3.05, 3.63) is 35.4 Å². The van der Waals surface area contributed by atoms with Gasteiger partial charge in [-0.25, -0.2) is 4.79 Å². The lowest BCUT2D eigenvalue weighted by Gasteiger charge is -2.11. The number of esters is 1. The Hall–Kier alpha value is -0.440. The molecule has 0 N–H and O–H groups in total. The largest absolute Gasteiger partial charge is 0.458 e. The fraction of sp³-hybridized carbons (Fsp3) is 0.300. The molecule has 0 radical (unpaired) electrons. The predicted octanol–water partition coefficient (Wildman–Crippen LogP) is 3.52. The summed E-state index contributed by atoms with van der Waals surface area (Å²) in [6.07, 6.45) is 0. The van der Waals surface area contributed by atoms with Gasteiger partial charge in [0.1, 0.15) is 6.61 Å². The summed E-state index contributed by atoms with van der Waals surface area (Å²) in [6, 6.07) is 6.95. The molecule has 5 heteroatoms. The smallest absolute Gasteiger partial charge is 0.338 e. The molecule has 0 aliphatic heterocycles. The minimum Gasteiger partial charge on any atom is -0.458 e. The molecule has 0 amide bonds. The average molecular weight is 268 g/mol. The lowest BCUT2D eigenvalue weighted by Crippen LogP contribution is -2.17. The van der Waals surface area contributed by atoms with Crippen molar-refractivity contribution in [1.29, 1.82) is 0 Å². The number of alkyl halides is 3. The van der Waals surface area contributed by atoms with Crippen LogP contribution >= 0.6 is 34.8 Å². The topological polar surface area (TPSA) is 26.3 Å². The number of carbonyl (C=O) groups excluding carboxylic acids is 1. The van der Waals surface area contributed by atoms with Crippen molar-refractivity contribution in [3.8, 4) is 0 Å². The van der Waals surface area contributed by atoms with Crippen LogP contribution in [0.4, 0.5) is 0 Å². The monoisotopic (exact) mass is 266 g/mol. The molecule has 0 saturated carbocycles. The Balaban J connectivity index is 2.58. The zero-order valence-corrected chi connectivity index (χ0v) is 10.2. The number of aryl methyl sites for hydroxylation is 1. The second kappa shape index (κ2) is 5.06. The Kier molecular flexibility index (Phi) is 4.26. The highest BCUT2D eigenvalue weighted by molar-refractivity contribution is 6.67. The van der Waals surface area contributed by atoms with E-state index in [1.54, 1.807) is 12.1 Å². The van der Waals surface area contributed by atoms with Gasteiger partial charge in [-0.3, -0.25) is 0 Å². The summed E-state index contributed by atoms with van der Waals surface area (Å²) < 4.78 is 3.23. The SMILES string of the molecule is Cc1ccc(C(=O)OCC(Cl)(Cl)Cl)cc1. The van der Waals surface area contributed by atoms with Gasteiger partial charge >= 0.3 is 5.97 Å². The highest BCUT2D eigenvalue weighted by atomic mass is 35.6. The summed E-state index contributed by atoms with van der Waals surface area (Å²) in [6.45, 7) is 1.67. The molecule has 15 heavy (non-hydrogen) atoms. The molecule has 1 aromatic rings. The molecule has 0 aliphatic rings. The molecule has 0 fully saturated rings. The van der Waals surface area contributed by atoms with Crippen LogP contribution in [-0.2, 0) is 4.74 Å². The molecule has 1 aromatic carbocycles. The fourth-order valence-corrected chi connectivity index (χ4v) is 1.08. The highest BCUT2D eigenvalue weighted by Crippen LogP contribution is 2.26. The minimum absolute atomic E-state index is 0.260. The third-order valence-electron chi connectivity index (χ3n) is 1.65. The maximum absolute atomic E-state index is 11.4. The molecule has 0 saturated heterocycles. The van der Waals surface area contributed by atoms with Crippen LogP contribution in [0.15, 0.2) is 24.3 Å². The molecule has 1 rings (SSSR count). The quantitative estimate of drug-likeness (QED) is 0.605. The van der Waals surface area contributed by atoms with Gasteiger partial charge < -0.3 is 4.74 Å². The fourth-order valence-electron chi connectivity index (χ4n) is 0.920. The van der Waals surface area contributed by atoms with E-state index in [9.17, 15) is 4.79 Å². The molecular formula is C10H9Cl3O2. The van der Waals surface area contributed by atoms with Crippen molar-refractivity contribution in [1.82, 2.24) is 0 Å². The van der Waals surface area contributed by atoms with Crippen molar-refractivity contribution in [2.45, 2.75) is 10.7 Å². The maximum Gasteiger partial charge on any atom is 0.338 e. The van der Waals surface area contributed by atoms with Crippen molar-refractivity contribution in [2.75, 3.05) is 6.61 Å². The van der Waals surface area contributed by atoms with Gasteiger partial charge in [-0.2, -0.15) is 0 Å². The Bertz CT molecular complexity index is 341.